The third-order valence-corrected chi connectivity index (χ3v) is 2.60. The molecule has 0 radical (unpaired) electrons. The van der Waals surface area contributed by atoms with Gasteiger partial charge < -0.3 is 25.2 Å². The number of hydrogen-bond acceptors (Lipinski definition) is 4. The number of carboxylic acid groups (broad SMARTS) is 1. The van der Waals surface area contributed by atoms with Crippen LogP contribution in [0.3, 0.4) is 0 Å². The fourth-order valence-electron chi connectivity index (χ4n) is 1.56. The lowest BCUT2D eigenvalue weighted by Gasteiger charge is -2.14. The number of carbonyl (C=O) groups is 2. The Morgan fingerprint density at radius 2 is 1.80 bits per heavy atom. The van der Waals surface area contributed by atoms with Crippen molar-refractivity contribution in [1.82, 2.24) is 5.32 Å². The van der Waals surface area contributed by atoms with Gasteiger partial charge in [0.1, 0.15) is 0 Å². The Balaban J connectivity index is 2.72. The smallest absolute Gasteiger partial charge is 0.319 e. The minimum Gasteiger partial charge on any atom is -0.493 e. The molecule has 1 aromatic rings. The molecule has 0 aromatic heterocycles. The van der Waals surface area contributed by atoms with Gasteiger partial charge in [0.2, 0.25) is 0 Å². The monoisotopic (exact) mass is 282 g/mol. The van der Waals surface area contributed by atoms with Gasteiger partial charge in [-0.25, -0.2) is 4.79 Å². The van der Waals surface area contributed by atoms with Crippen LogP contribution in [-0.4, -0.2) is 37.9 Å². The zero-order valence-electron chi connectivity index (χ0n) is 11.6. The molecule has 110 valence electrons. The molecule has 0 aliphatic rings. The summed E-state index contributed by atoms with van der Waals surface area (Å²) in [5.41, 5.74) is 1.37. The zero-order chi connectivity index (χ0) is 15.1. The third-order valence-electron chi connectivity index (χ3n) is 2.60. The number of hydrogen-bond donors (Lipinski definition) is 3. The third kappa shape index (κ3) is 4.34. The Labute approximate surface area is 116 Å². The second kappa shape index (κ2) is 7.22. The van der Waals surface area contributed by atoms with Gasteiger partial charge in [-0.05, 0) is 18.6 Å². The Hall–Kier alpha value is -2.44. The molecule has 0 heterocycles. The number of benzene rings is 1. The van der Waals surface area contributed by atoms with E-state index in [1.165, 1.54) is 14.2 Å². The topological polar surface area (TPSA) is 96.9 Å². The summed E-state index contributed by atoms with van der Waals surface area (Å²) in [5, 5.41) is 13.6. The molecule has 0 saturated carbocycles. The largest absolute Gasteiger partial charge is 0.493 e. The second-order valence-electron chi connectivity index (χ2n) is 4.05. The first-order valence-corrected chi connectivity index (χ1v) is 5.97. The van der Waals surface area contributed by atoms with Crippen LogP contribution in [0.15, 0.2) is 12.1 Å². The number of aryl methyl sites for hydroxylation is 1. The molecule has 7 nitrogen and oxygen atoms in total. The molecule has 3 N–H and O–H groups in total. The highest BCUT2D eigenvalue weighted by Crippen LogP contribution is 2.32. The Bertz CT molecular complexity index is 502. The van der Waals surface area contributed by atoms with Crippen LogP contribution in [0.2, 0.25) is 0 Å². The minimum atomic E-state index is -0.965. The fraction of sp³-hybridized carbons (Fsp3) is 0.385. The van der Waals surface area contributed by atoms with Crippen LogP contribution in [0.4, 0.5) is 10.5 Å². The molecule has 0 bridgehead atoms. The van der Waals surface area contributed by atoms with Gasteiger partial charge in [0, 0.05) is 18.3 Å². The lowest BCUT2D eigenvalue weighted by atomic mass is 10.1. The van der Waals surface area contributed by atoms with Crippen molar-refractivity contribution in [1.29, 1.82) is 0 Å². The van der Waals surface area contributed by atoms with Crippen molar-refractivity contribution in [2.45, 2.75) is 13.3 Å². The van der Waals surface area contributed by atoms with Gasteiger partial charge in [-0.2, -0.15) is 0 Å². The number of carboxylic acids is 1. The number of aliphatic carboxylic acids is 1. The highest BCUT2D eigenvalue weighted by Gasteiger charge is 2.10. The molecule has 0 aliphatic heterocycles. The molecular weight excluding hydrogens is 264 g/mol. The van der Waals surface area contributed by atoms with E-state index in [1.54, 1.807) is 12.1 Å². The second-order valence-corrected chi connectivity index (χ2v) is 4.05. The predicted molar refractivity (Wildman–Crippen MR) is 73.6 cm³/mol. The lowest BCUT2D eigenvalue weighted by molar-refractivity contribution is -0.136. The summed E-state index contributed by atoms with van der Waals surface area (Å²) in [6, 6.07) is 2.91. The zero-order valence-corrected chi connectivity index (χ0v) is 11.6. The number of urea groups is 1. The molecule has 1 rings (SSSR count). The average molecular weight is 282 g/mol. The first-order valence-electron chi connectivity index (χ1n) is 5.97. The van der Waals surface area contributed by atoms with Crippen molar-refractivity contribution in [3.63, 3.8) is 0 Å². The molecule has 20 heavy (non-hydrogen) atoms. The number of anilines is 1. The molecule has 0 unspecified atom stereocenters. The number of amides is 2. The summed E-state index contributed by atoms with van der Waals surface area (Å²) in [4.78, 5) is 22.0. The van der Waals surface area contributed by atoms with E-state index in [4.69, 9.17) is 14.6 Å². The van der Waals surface area contributed by atoms with Gasteiger partial charge in [-0.3, -0.25) is 4.79 Å². The lowest BCUT2D eigenvalue weighted by Crippen LogP contribution is -2.30. The number of carbonyl (C=O) groups excluding carboxylic acids is 1. The maximum atomic E-state index is 11.6. The Morgan fingerprint density at radius 1 is 1.20 bits per heavy atom. The van der Waals surface area contributed by atoms with E-state index in [1.807, 2.05) is 6.92 Å². The minimum absolute atomic E-state index is 0.0630. The van der Waals surface area contributed by atoms with Crippen LogP contribution in [0.1, 0.15) is 12.0 Å². The van der Waals surface area contributed by atoms with Crippen molar-refractivity contribution in [2.24, 2.45) is 0 Å². The summed E-state index contributed by atoms with van der Waals surface area (Å²) in [7, 11) is 3.03. The summed E-state index contributed by atoms with van der Waals surface area (Å²) in [6.45, 7) is 1.88. The van der Waals surface area contributed by atoms with Gasteiger partial charge in [-0.15, -0.1) is 0 Å². The highest BCUT2D eigenvalue weighted by molar-refractivity contribution is 5.90. The van der Waals surface area contributed by atoms with Crippen molar-refractivity contribution in [3.05, 3.63) is 17.7 Å². The molecule has 0 atom stereocenters. The summed E-state index contributed by atoms with van der Waals surface area (Å²) in [6.07, 6.45) is -0.127. The summed E-state index contributed by atoms with van der Waals surface area (Å²) >= 11 is 0. The van der Waals surface area contributed by atoms with Crippen LogP contribution < -0.4 is 20.1 Å². The number of ether oxygens (including phenoxy) is 2. The molecule has 0 saturated heterocycles. The molecular formula is C13H18N2O5. The number of nitrogens with one attached hydrogen (secondary N) is 2. The van der Waals surface area contributed by atoms with Gasteiger partial charge in [0.25, 0.3) is 0 Å². The van der Waals surface area contributed by atoms with E-state index in [-0.39, 0.29) is 13.0 Å². The molecule has 0 fully saturated rings. The fourth-order valence-corrected chi connectivity index (χ4v) is 1.56. The van der Waals surface area contributed by atoms with E-state index in [9.17, 15) is 9.59 Å². The van der Waals surface area contributed by atoms with Gasteiger partial charge in [0.05, 0.1) is 20.6 Å². The predicted octanol–water partition coefficient (Wildman–Crippen LogP) is 1.61. The van der Waals surface area contributed by atoms with E-state index < -0.39 is 12.0 Å². The van der Waals surface area contributed by atoms with Crippen LogP contribution in [0.5, 0.6) is 11.5 Å². The van der Waals surface area contributed by atoms with Crippen LogP contribution in [-0.2, 0) is 4.79 Å². The van der Waals surface area contributed by atoms with Crippen molar-refractivity contribution in [2.75, 3.05) is 26.1 Å². The standard InChI is InChI=1S/C13H18N2O5/c1-8-6-10(19-2)11(20-3)7-9(8)15-13(18)14-5-4-12(16)17/h6-7H,4-5H2,1-3H3,(H,16,17)(H2,14,15,18). The van der Waals surface area contributed by atoms with Crippen molar-refractivity contribution < 1.29 is 24.2 Å². The van der Waals surface area contributed by atoms with Crippen LogP contribution in [0, 0.1) is 6.92 Å². The SMILES string of the molecule is COc1cc(C)c(NC(=O)NCCC(=O)O)cc1OC. The van der Waals surface area contributed by atoms with E-state index in [0.29, 0.717) is 17.2 Å². The summed E-state index contributed by atoms with van der Waals surface area (Å²) in [5.74, 6) is 0.105. The maximum Gasteiger partial charge on any atom is 0.319 e. The first kappa shape index (κ1) is 15.6. The molecule has 2 amide bonds. The van der Waals surface area contributed by atoms with Crippen molar-refractivity contribution >= 4 is 17.7 Å². The molecule has 7 heteroatoms. The van der Waals surface area contributed by atoms with E-state index in [2.05, 4.69) is 10.6 Å². The van der Waals surface area contributed by atoms with E-state index >= 15 is 0 Å². The average Bonchev–Trinajstić information content (AvgIpc) is 2.40. The Kier molecular flexibility index (Phi) is 5.64. The summed E-state index contributed by atoms with van der Waals surface area (Å²) < 4.78 is 10.3. The molecule has 0 spiro atoms. The normalized spacial score (nSPS) is 9.75. The number of rotatable bonds is 6. The van der Waals surface area contributed by atoms with Crippen LogP contribution >= 0.6 is 0 Å². The van der Waals surface area contributed by atoms with Crippen LogP contribution in [0.25, 0.3) is 0 Å². The van der Waals surface area contributed by atoms with Crippen molar-refractivity contribution in [3.8, 4) is 11.5 Å². The molecule has 1 aromatic carbocycles. The van der Waals surface area contributed by atoms with E-state index in [0.717, 1.165) is 5.56 Å². The first-order chi connectivity index (χ1) is 9.47. The maximum absolute atomic E-state index is 11.6. The quantitative estimate of drug-likeness (QED) is 0.736. The molecule has 0 aliphatic carbocycles. The van der Waals surface area contributed by atoms with Gasteiger partial charge in [0.15, 0.2) is 11.5 Å². The highest BCUT2D eigenvalue weighted by atomic mass is 16.5. The van der Waals surface area contributed by atoms with Gasteiger partial charge in [-0.1, -0.05) is 0 Å². The van der Waals surface area contributed by atoms with Gasteiger partial charge >= 0.3 is 12.0 Å². The Morgan fingerprint density at radius 3 is 2.35 bits per heavy atom. The number of methoxy groups -OCH3 is 2.